The van der Waals surface area contributed by atoms with Gasteiger partial charge in [-0.15, -0.1) is 0 Å². The first kappa shape index (κ1) is 30.3. The quantitative estimate of drug-likeness (QED) is 0.162. The molecule has 1 aliphatic heterocycles. The highest BCUT2D eigenvalue weighted by molar-refractivity contribution is 7.71. The minimum Gasteiger partial charge on any atom is -0.493 e. The number of nitrogens with one attached hydrogen (secondary N) is 1. The Labute approximate surface area is 266 Å². The topological polar surface area (TPSA) is 119 Å². The lowest BCUT2D eigenvalue weighted by molar-refractivity contribution is 0.0664. The molecule has 2 aromatic heterocycles. The van der Waals surface area contributed by atoms with Crippen LogP contribution in [-0.4, -0.2) is 83.5 Å². The molecule has 0 atom stereocenters. The average Bonchev–Trinajstić information content (AvgIpc) is 3.49. The van der Waals surface area contributed by atoms with Crippen LogP contribution >= 0.6 is 12.2 Å². The third-order valence-electron chi connectivity index (χ3n) is 8.48. The van der Waals surface area contributed by atoms with Crippen molar-refractivity contribution in [2.45, 2.75) is 19.4 Å². The molecular formula is C34H36N6O4S. The molecule has 0 spiro atoms. The first-order chi connectivity index (χ1) is 21.7. The lowest BCUT2D eigenvalue weighted by Gasteiger charge is -2.32. The summed E-state index contributed by atoms with van der Waals surface area (Å²) in [4.78, 5) is 38.0. The van der Waals surface area contributed by atoms with Gasteiger partial charge in [0, 0.05) is 67.1 Å². The monoisotopic (exact) mass is 624 g/mol. The predicted octanol–water partition coefficient (Wildman–Crippen LogP) is 5.56. The molecule has 3 aromatic carbocycles. The molecule has 0 bridgehead atoms. The molecule has 45 heavy (non-hydrogen) atoms. The number of nitrogens with two attached hydrogens (primary N) is 1. The van der Waals surface area contributed by atoms with Crippen LogP contribution in [0, 0.1) is 4.77 Å². The average molecular weight is 625 g/mol. The zero-order valence-electron chi connectivity index (χ0n) is 25.6. The molecule has 0 radical (unpaired) electrons. The van der Waals surface area contributed by atoms with Crippen LogP contribution in [0.3, 0.4) is 0 Å². The number of H-pyrrole nitrogens is 1. The number of hydrogen-bond donors (Lipinski definition) is 2. The number of carbonyl (C=O) groups is 2. The Morgan fingerprint density at radius 2 is 1.62 bits per heavy atom. The minimum atomic E-state index is 0.00441. The summed E-state index contributed by atoms with van der Waals surface area (Å²) in [6, 6.07) is 19.2. The lowest BCUT2D eigenvalue weighted by atomic mass is 10.0. The van der Waals surface area contributed by atoms with Gasteiger partial charge in [0.25, 0.3) is 5.91 Å². The first-order valence-corrected chi connectivity index (χ1v) is 15.3. The summed E-state index contributed by atoms with van der Waals surface area (Å²) >= 11 is 5.52. The van der Waals surface area contributed by atoms with Gasteiger partial charge in [0.2, 0.25) is 4.77 Å². The summed E-state index contributed by atoms with van der Waals surface area (Å²) in [7, 11) is 5.20. The number of benzene rings is 3. The van der Waals surface area contributed by atoms with E-state index < -0.39 is 0 Å². The van der Waals surface area contributed by atoms with E-state index in [1.807, 2.05) is 47.4 Å². The molecular weight excluding hydrogens is 588 g/mol. The van der Waals surface area contributed by atoms with Crippen LogP contribution in [0.4, 0.5) is 5.82 Å². The number of hydrogen-bond acceptors (Lipinski definition) is 8. The molecule has 1 saturated heterocycles. The van der Waals surface area contributed by atoms with Gasteiger partial charge in [-0.25, -0.2) is 4.98 Å². The fourth-order valence-corrected chi connectivity index (χ4v) is 6.07. The second kappa shape index (κ2) is 12.7. The summed E-state index contributed by atoms with van der Waals surface area (Å²) < 4.78 is 12.9. The maximum absolute atomic E-state index is 13.2. The van der Waals surface area contributed by atoms with E-state index >= 15 is 0 Å². The van der Waals surface area contributed by atoms with Crippen LogP contribution in [0.25, 0.3) is 32.9 Å². The van der Waals surface area contributed by atoms with Gasteiger partial charge in [0.15, 0.2) is 17.3 Å². The number of carbonyl (C=O) groups excluding carboxylic acids is 2. The van der Waals surface area contributed by atoms with E-state index in [2.05, 4.69) is 28.0 Å². The van der Waals surface area contributed by atoms with Crippen molar-refractivity contribution >= 4 is 51.5 Å². The number of rotatable bonds is 9. The molecule has 6 rings (SSSR count). The maximum Gasteiger partial charge on any atom is 0.253 e. The van der Waals surface area contributed by atoms with Crippen molar-refractivity contribution in [2.75, 3.05) is 53.2 Å². The molecule has 3 heterocycles. The highest BCUT2D eigenvalue weighted by atomic mass is 32.1. The van der Waals surface area contributed by atoms with Gasteiger partial charge >= 0.3 is 0 Å². The highest BCUT2D eigenvalue weighted by Gasteiger charge is 2.20. The van der Waals surface area contributed by atoms with Gasteiger partial charge in [0.05, 0.1) is 25.4 Å². The Kier molecular flexibility index (Phi) is 8.55. The van der Waals surface area contributed by atoms with E-state index in [9.17, 15) is 9.59 Å². The van der Waals surface area contributed by atoms with E-state index in [0.717, 1.165) is 48.2 Å². The predicted molar refractivity (Wildman–Crippen MR) is 179 cm³/mol. The van der Waals surface area contributed by atoms with Crippen molar-refractivity contribution in [1.82, 2.24) is 24.3 Å². The van der Waals surface area contributed by atoms with Crippen molar-refractivity contribution in [3.63, 3.8) is 0 Å². The van der Waals surface area contributed by atoms with Crippen molar-refractivity contribution in [3.8, 4) is 22.6 Å². The number of fused-ring (bicyclic) bond motifs is 2. The maximum atomic E-state index is 13.2. The smallest absolute Gasteiger partial charge is 0.253 e. The summed E-state index contributed by atoms with van der Waals surface area (Å²) in [6.07, 6.45) is 0.852. The minimum absolute atomic E-state index is 0.00441. The van der Waals surface area contributed by atoms with Crippen LogP contribution in [0.1, 0.15) is 33.7 Å². The summed E-state index contributed by atoms with van der Waals surface area (Å²) in [5, 5.41) is 1.65. The summed E-state index contributed by atoms with van der Waals surface area (Å²) in [5.74, 6) is 1.64. The molecule has 10 nitrogen and oxygen atoms in total. The van der Waals surface area contributed by atoms with Gasteiger partial charge in [-0.1, -0.05) is 18.2 Å². The number of likely N-dealkylation sites (N-methyl/N-ethyl adjacent to an activating group) is 1. The van der Waals surface area contributed by atoms with E-state index in [-0.39, 0.29) is 11.7 Å². The van der Waals surface area contributed by atoms with Crippen LogP contribution in [-0.2, 0) is 6.54 Å². The van der Waals surface area contributed by atoms with Crippen molar-refractivity contribution < 1.29 is 19.1 Å². The molecule has 1 amide bonds. The van der Waals surface area contributed by atoms with Crippen molar-refractivity contribution in [2.24, 2.45) is 0 Å². The van der Waals surface area contributed by atoms with Crippen LogP contribution in [0.5, 0.6) is 11.5 Å². The highest BCUT2D eigenvalue weighted by Crippen LogP contribution is 2.34. The van der Waals surface area contributed by atoms with E-state index in [1.54, 1.807) is 30.9 Å². The fourth-order valence-electron chi connectivity index (χ4n) is 5.79. The zero-order valence-corrected chi connectivity index (χ0v) is 26.4. The number of anilines is 1. The van der Waals surface area contributed by atoms with E-state index in [0.29, 0.717) is 63.6 Å². The molecule has 0 saturated carbocycles. The Hall–Kier alpha value is -4.74. The largest absolute Gasteiger partial charge is 0.493 e. The molecule has 1 aliphatic rings. The molecule has 11 heteroatoms. The second-order valence-electron chi connectivity index (χ2n) is 11.3. The molecule has 5 aromatic rings. The van der Waals surface area contributed by atoms with Crippen molar-refractivity contribution in [1.29, 1.82) is 0 Å². The van der Waals surface area contributed by atoms with Crippen LogP contribution in [0.15, 0.2) is 60.7 Å². The Morgan fingerprint density at radius 1 is 0.933 bits per heavy atom. The number of ether oxygens (including phenoxy) is 2. The van der Waals surface area contributed by atoms with Gasteiger partial charge in [-0.2, -0.15) is 0 Å². The number of aromatic nitrogens is 3. The van der Waals surface area contributed by atoms with Gasteiger partial charge in [0.1, 0.15) is 5.82 Å². The Balaban J connectivity index is 1.12. The molecule has 1 fully saturated rings. The number of Topliss-reactive ketones (excluding diaryl/α,β-unsaturated/α-hetero) is 1. The normalized spacial score (nSPS) is 13.8. The summed E-state index contributed by atoms with van der Waals surface area (Å²) in [6.45, 7) is 3.73. The number of ketones is 1. The number of amides is 1. The lowest BCUT2D eigenvalue weighted by Crippen LogP contribution is -2.47. The number of nitrogens with zero attached hydrogens (tertiary/aromatic N) is 4. The molecule has 232 valence electrons. The van der Waals surface area contributed by atoms with E-state index in [1.165, 1.54) is 0 Å². The van der Waals surface area contributed by atoms with Crippen LogP contribution in [0.2, 0.25) is 0 Å². The van der Waals surface area contributed by atoms with Crippen molar-refractivity contribution in [3.05, 3.63) is 76.7 Å². The van der Waals surface area contributed by atoms with Crippen LogP contribution < -0.4 is 15.2 Å². The fraction of sp³-hybridized carbons (Fsp3) is 0.294. The third-order valence-corrected chi connectivity index (χ3v) is 8.79. The van der Waals surface area contributed by atoms with Gasteiger partial charge in [-0.05, 0) is 73.2 Å². The Morgan fingerprint density at radius 3 is 2.33 bits per heavy atom. The third kappa shape index (κ3) is 6.13. The second-order valence-corrected chi connectivity index (χ2v) is 11.7. The number of methoxy groups -OCH3 is 2. The first-order valence-electron chi connectivity index (χ1n) is 14.9. The number of piperazine rings is 1. The molecule has 0 unspecified atom stereocenters. The SMILES string of the molecule is COc1cc2nc(=S)n(CCCC(=O)c3cc4cc(-c5ccc(C(=O)N6CCN(C)CC6)cc5)ccc4[nH]3)c(N)c2cc1OC. The summed E-state index contributed by atoms with van der Waals surface area (Å²) in [5.41, 5.74) is 11.3. The number of aromatic amines is 1. The zero-order chi connectivity index (χ0) is 31.7. The molecule has 3 N–H and O–H groups in total. The van der Waals surface area contributed by atoms with Gasteiger partial charge < -0.3 is 34.6 Å². The van der Waals surface area contributed by atoms with E-state index in [4.69, 9.17) is 27.4 Å². The standard InChI is InChI=1S/C34H36N6O4S/c1-38-13-15-39(16-14-38)33(42)22-8-6-21(7-9-22)23-10-11-26-24(17-23)18-28(36-26)29(41)5-4-12-40-32(35)25-19-30(43-2)31(44-3)20-27(25)37-34(40)45/h6-11,17-20,36H,4-5,12-16,35H2,1-3H3. The molecule has 0 aliphatic carbocycles. The number of nitrogen functional groups attached to an aromatic ring is 1. The van der Waals surface area contributed by atoms with Gasteiger partial charge in [-0.3, -0.25) is 9.59 Å². The Bertz CT molecular complexity index is 1960.